The van der Waals surface area contributed by atoms with Crippen LogP contribution in [0.2, 0.25) is 5.02 Å². The average Bonchev–Trinajstić information content (AvgIpc) is 2.75. The van der Waals surface area contributed by atoms with E-state index in [0.29, 0.717) is 0 Å². The quantitative estimate of drug-likeness (QED) is 0.420. The summed E-state index contributed by atoms with van der Waals surface area (Å²) in [7, 11) is 2.30. The van der Waals surface area contributed by atoms with Crippen LogP contribution in [0.4, 0.5) is 8.78 Å². The van der Waals surface area contributed by atoms with Gasteiger partial charge in [0, 0.05) is 35.1 Å². The third kappa shape index (κ3) is 5.65. The number of hydrogen-bond acceptors (Lipinski definition) is 5. The van der Waals surface area contributed by atoms with Crippen molar-refractivity contribution in [3.05, 3.63) is 57.6 Å². The Hall–Kier alpha value is -2.40. The molecule has 0 spiro atoms. The van der Waals surface area contributed by atoms with Gasteiger partial charge in [0.15, 0.2) is 0 Å². The highest BCUT2D eigenvalue weighted by Crippen LogP contribution is 2.35. The minimum Gasteiger partial charge on any atom is -0.468 e. The summed E-state index contributed by atoms with van der Waals surface area (Å²) in [6.45, 7) is 0. The molecule has 0 saturated heterocycles. The molecule has 0 saturated carbocycles. The van der Waals surface area contributed by atoms with E-state index >= 15 is 0 Å². The number of halogens is 5. The predicted octanol–water partition coefficient (Wildman–Crippen LogP) is 4.60. The summed E-state index contributed by atoms with van der Waals surface area (Å²) in [5, 5.41) is 7.34. The number of methoxy groups -OCH3 is 2. The van der Waals surface area contributed by atoms with Crippen molar-refractivity contribution in [2.45, 2.75) is 23.6 Å². The summed E-state index contributed by atoms with van der Waals surface area (Å²) in [5.74, 6) is -3.37. The zero-order chi connectivity index (χ0) is 23.3. The van der Waals surface area contributed by atoms with E-state index < -0.39 is 34.3 Å². The number of carbonyl (C=O) groups excluding carboxylic acids is 2. The highest BCUT2D eigenvalue weighted by atomic mass is 35.5. The van der Waals surface area contributed by atoms with Gasteiger partial charge in [-0.3, -0.25) is 9.59 Å². The number of rotatable bonds is 7. The molecule has 2 aromatic carbocycles. The Morgan fingerprint density at radius 3 is 2.16 bits per heavy atom. The summed E-state index contributed by atoms with van der Waals surface area (Å²) < 4.78 is 38.5. The first-order chi connectivity index (χ1) is 14.6. The van der Waals surface area contributed by atoms with Gasteiger partial charge in [0.2, 0.25) is 0 Å². The summed E-state index contributed by atoms with van der Waals surface area (Å²) >= 11 is 18.0. The first-order valence-electron chi connectivity index (χ1n) is 8.69. The van der Waals surface area contributed by atoms with Gasteiger partial charge in [0.05, 0.1) is 19.8 Å². The first-order valence-corrected chi connectivity index (χ1v) is 9.94. The third-order valence-electron chi connectivity index (χ3n) is 4.39. The molecule has 1 radical (unpaired) electrons. The van der Waals surface area contributed by atoms with Gasteiger partial charge in [-0.1, -0.05) is 11.6 Å². The van der Waals surface area contributed by atoms with Crippen molar-refractivity contribution in [1.82, 2.24) is 0 Å². The van der Waals surface area contributed by atoms with Crippen LogP contribution in [0, 0.1) is 29.0 Å². The lowest BCUT2D eigenvalue weighted by atomic mass is 9.91. The lowest BCUT2D eigenvalue weighted by Gasteiger charge is -2.15. The zero-order valence-electron chi connectivity index (χ0n) is 16.3. The lowest BCUT2D eigenvalue weighted by Crippen LogP contribution is -2.19. The second-order valence-corrected chi connectivity index (χ2v) is 7.76. The average molecular weight is 490 g/mol. The fraction of sp³-hybridized carbons (Fsp3) is 0.286. The molecule has 10 heteroatoms. The molecule has 2 aromatic rings. The molecule has 0 aromatic heterocycles. The second kappa shape index (κ2) is 10.8. The van der Waals surface area contributed by atoms with Crippen LogP contribution >= 0.6 is 34.8 Å². The van der Waals surface area contributed by atoms with E-state index in [2.05, 4.69) is 15.5 Å². The smallest absolute Gasteiger partial charge is 0.324 e. The number of nitrogens with zero attached hydrogens (tertiary/aromatic N) is 1. The number of nitriles is 1. The van der Waals surface area contributed by atoms with Crippen LogP contribution < -0.4 is 0 Å². The van der Waals surface area contributed by atoms with E-state index in [1.165, 1.54) is 6.07 Å². The molecular weight excluding hydrogens is 475 g/mol. The molecule has 0 aliphatic rings. The minimum absolute atomic E-state index is 0.0404. The van der Waals surface area contributed by atoms with E-state index in [0.717, 1.165) is 26.4 Å². The molecular formula is C21H15Cl3F2NO4. The number of esters is 2. The van der Waals surface area contributed by atoms with Crippen LogP contribution in [0.15, 0.2) is 18.2 Å². The molecule has 0 aliphatic heterocycles. The fourth-order valence-corrected chi connectivity index (χ4v) is 3.60. The van der Waals surface area contributed by atoms with Crippen LogP contribution in [0.5, 0.6) is 0 Å². The minimum atomic E-state index is -1.15. The molecule has 0 bridgehead atoms. The second-order valence-electron chi connectivity index (χ2n) is 6.30. The van der Waals surface area contributed by atoms with Gasteiger partial charge in [0.25, 0.3) is 0 Å². The van der Waals surface area contributed by atoms with Gasteiger partial charge in [-0.25, -0.2) is 8.78 Å². The van der Waals surface area contributed by atoms with Crippen molar-refractivity contribution < 1.29 is 27.8 Å². The summed E-state index contributed by atoms with van der Waals surface area (Å²) in [5.41, 5.74) is -0.488. The molecule has 0 amide bonds. The molecule has 0 aliphatic carbocycles. The Balaban J connectivity index is 2.61. The maximum Gasteiger partial charge on any atom is 0.324 e. The van der Waals surface area contributed by atoms with Crippen molar-refractivity contribution >= 4 is 46.7 Å². The Bertz CT molecular complexity index is 1060. The molecule has 5 nitrogen and oxygen atoms in total. The maximum atomic E-state index is 14.8. The highest BCUT2D eigenvalue weighted by Gasteiger charge is 2.25. The monoisotopic (exact) mass is 488 g/mol. The van der Waals surface area contributed by atoms with Crippen LogP contribution in [0.25, 0.3) is 11.1 Å². The van der Waals surface area contributed by atoms with Crippen molar-refractivity contribution in [1.29, 1.82) is 5.26 Å². The van der Waals surface area contributed by atoms with E-state index in [1.54, 1.807) is 0 Å². The van der Waals surface area contributed by atoms with Crippen molar-refractivity contribution in [3.8, 4) is 17.2 Å². The molecule has 2 unspecified atom stereocenters. The van der Waals surface area contributed by atoms with Gasteiger partial charge >= 0.3 is 11.9 Å². The van der Waals surface area contributed by atoms with Gasteiger partial charge in [0.1, 0.15) is 28.5 Å². The van der Waals surface area contributed by atoms with Crippen molar-refractivity contribution in [2.24, 2.45) is 0 Å². The third-order valence-corrected chi connectivity index (χ3v) is 5.41. The molecule has 0 fully saturated rings. The molecule has 0 N–H and O–H groups in total. The summed E-state index contributed by atoms with van der Waals surface area (Å²) in [6, 6.07) is 7.42. The van der Waals surface area contributed by atoms with Gasteiger partial charge in [-0.2, -0.15) is 5.26 Å². The maximum absolute atomic E-state index is 14.8. The molecule has 2 rings (SSSR count). The Morgan fingerprint density at radius 2 is 1.65 bits per heavy atom. The molecule has 0 heterocycles. The number of alkyl halides is 2. The van der Waals surface area contributed by atoms with Crippen LogP contribution in [-0.2, 0) is 31.9 Å². The van der Waals surface area contributed by atoms with Crippen molar-refractivity contribution in [3.63, 3.8) is 0 Å². The number of benzene rings is 2. The van der Waals surface area contributed by atoms with Crippen LogP contribution in [-0.4, -0.2) is 36.9 Å². The Labute approximate surface area is 192 Å². The van der Waals surface area contributed by atoms with Crippen LogP contribution in [0.3, 0.4) is 0 Å². The van der Waals surface area contributed by atoms with E-state index in [-0.39, 0.29) is 45.7 Å². The number of ether oxygens (including phenoxy) is 2. The molecule has 163 valence electrons. The van der Waals surface area contributed by atoms with Crippen molar-refractivity contribution in [2.75, 3.05) is 14.2 Å². The number of carbonyl (C=O) groups is 2. The van der Waals surface area contributed by atoms with Gasteiger partial charge in [-0.15, -0.1) is 23.2 Å². The van der Waals surface area contributed by atoms with Crippen LogP contribution in [0.1, 0.15) is 16.7 Å². The van der Waals surface area contributed by atoms with Gasteiger partial charge < -0.3 is 9.47 Å². The topological polar surface area (TPSA) is 76.4 Å². The predicted molar refractivity (Wildman–Crippen MR) is 111 cm³/mol. The fourth-order valence-electron chi connectivity index (χ4n) is 2.86. The number of hydrogen-bond donors (Lipinski definition) is 0. The Morgan fingerprint density at radius 1 is 1.10 bits per heavy atom. The summed E-state index contributed by atoms with van der Waals surface area (Å²) in [6.07, 6.45) is -0.297. The largest absolute Gasteiger partial charge is 0.468 e. The first kappa shape index (κ1) is 24.9. The molecule has 31 heavy (non-hydrogen) atoms. The SMILES string of the molecule is COC(=O)C(Cl)Cc1cc(-c2c(F)[c]cc(CC(Cl)C(=O)OC)c2C#N)c(F)cc1Cl. The van der Waals surface area contributed by atoms with E-state index in [4.69, 9.17) is 34.8 Å². The van der Waals surface area contributed by atoms with Gasteiger partial charge in [-0.05, 0) is 29.3 Å². The lowest BCUT2D eigenvalue weighted by molar-refractivity contribution is -0.141. The molecule has 2 atom stereocenters. The highest BCUT2D eigenvalue weighted by molar-refractivity contribution is 6.32. The standard InChI is InChI=1S/C21H15Cl3F2NO4/c1-30-20(28)15(23)6-10-3-4-17(25)19(13(10)9-27)12-5-11(14(22)8-18(12)26)7-16(24)21(29)31-2/h3,5,8,15-16H,6-7H2,1-2H3. The zero-order valence-corrected chi connectivity index (χ0v) is 18.5. The van der Waals surface area contributed by atoms with E-state index in [9.17, 15) is 23.6 Å². The summed E-state index contributed by atoms with van der Waals surface area (Å²) in [4.78, 5) is 23.2. The Kier molecular flexibility index (Phi) is 8.63. The van der Waals surface area contributed by atoms with E-state index in [1.807, 2.05) is 6.07 Å². The normalized spacial score (nSPS) is 12.6.